The van der Waals surface area contributed by atoms with Gasteiger partial charge in [-0.15, -0.1) is 0 Å². The molecule has 0 saturated heterocycles. The fraction of sp³-hybridized carbons (Fsp3) is 0.263. The van der Waals surface area contributed by atoms with Crippen molar-refractivity contribution in [3.63, 3.8) is 0 Å². The first-order valence-electron chi connectivity index (χ1n) is 8.21. The molecule has 0 radical (unpaired) electrons. The zero-order valence-corrected chi connectivity index (χ0v) is 14.8. The Kier molecular flexibility index (Phi) is 4.88. The second-order valence-corrected chi connectivity index (χ2v) is 6.25. The number of carbonyl (C=O) groups excluding carboxylic acids is 1. The average molecular weight is 358 g/mol. The number of anilines is 1. The number of carbonyl (C=O) groups is 1. The van der Waals surface area contributed by atoms with Crippen molar-refractivity contribution in [3.8, 4) is 0 Å². The van der Waals surface area contributed by atoms with Crippen LogP contribution in [0, 0.1) is 0 Å². The highest BCUT2D eigenvalue weighted by Gasteiger charge is 2.23. The van der Waals surface area contributed by atoms with Crippen LogP contribution in [0.2, 0.25) is 0 Å². The van der Waals surface area contributed by atoms with Crippen LogP contribution in [0.15, 0.2) is 48.5 Å². The largest absolute Gasteiger partial charge is 0.378 e. The fourth-order valence-corrected chi connectivity index (χ4v) is 2.84. The van der Waals surface area contributed by atoms with Crippen LogP contribution < -0.4 is 10.2 Å². The monoisotopic (exact) mass is 358 g/mol. The Balaban J connectivity index is 1.89. The highest BCUT2D eigenvalue weighted by atomic mass is 19.3. The van der Waals surface area contributed by atoms with E-state index in [4.69, 9.17) is 0 Å². The number of hydrogen-bond donors (Lipinski definition) is 1. The first-order valence-corrected chi connectivity index (χ1v) is 8.21. The van der Waals surface area contributed by atoms with E-state index in [1.165, 1.54) is 0 Å². The fourth-order valence-electron chi connectivity index (χ4n) is 2.84. The van der Waals surface area contributed by atoms with Gasteiger partial charge in [0.2, 0.25) is 0 Å². The minimum absolute atomic E-state index is 0.123. The quantitative estimate of drug-likeness (QED) is 0.750. The molecule has 0 bridgehead atoms. The van der Waals surface area contributed by atoms with Crippen LogP contribution in [0.25, 0.3) is 11.0 Å². The number of aromatic nitrogens is 2. The first-order chi connectivity index (χ1) is 12.4. The molecule has 1 atom stereocenters. The maximum atomic E-state index is 13.6. The molecule has 1 heterocycles. The van der Waals surface area contributed by atoms with Gasteiger partial charge in [0.05, 0.1) is 17.1 Å². The molecule has 1 amide bonds. The molecule has 0 aliphatic rings. The summed E-state index contributed by atoms with van der Waals surface area (Å²) in [5.41, 5.74) is 2.15. The molecule has 3 aromatic rings. The van der Waals surface area contributed by atoms with E-state index in [9.17, 15) is 13.6 Å². The molecule has 136 valence electrons. The molecule has 0 aliphatic carbocycles. The normalized spacial score (nSPS) is 12.4. The second kappa shape index (κ2) is 7.11. The third-order valence-corrected chi connectivity index (χ3v) is 4.18. The third-order valence-electron chi connectivity index (χ3n) is 4.18. The number of nitrogens with zero attached hydrogens (tertiary/aromatic N) is 3. The summed E-state index contributed by atoms with van der Waals surface area (Å²) in [6, 6.07) is 13.1. The van der Waals surface area contributed by atoms with Crippen LogP contribution >= 0.6 is 0 Å². The number of hydrogen-bond acceptors (Lipinski definition) is 3. The number of nitrogens with one attached hydrogen (secondary N) is 1. The molecule has 1 N–H and O–H groups in total. The number of fused-ring (bicyclic) bond motifs is 1. The first kappa shape index (κ1) is 17.8. The number of para-hydroxylation sites is 2. The number of alkyl halides is 2. The Morgan fingerprint density at radius 1 is 1.15 bits per heavy atom. The van der Waals surface area contributed by atoms with E-state index in [2.05, 4.69) is 10.3 Å². The van der Waals surface area contributed by atoms with E-state index in [1.54, 1.807) is 49.4 Å². The third kappa shape index (κ3) is 3.37. The predicted molar refractivity (Wildman–Crippen MR) is 97.6 cm³/mol. The Hall–Kier alpha value is -2.96. The molecule has 1 aromatic heterocycles. The molecule has 0 saturated carbocycles. The standard InChI is InChI=1S/C19H20F2N4O/c1-12(22-18(26)13-7-6-8-14(11-13)24(2)3)17-23-15-9-4-5-10-16(15)25(17)19(20)21/h4-12,19H,1-3H3,(H,22,26). The van der Waals surface area contributed by atoms with Crippen molar-refractivity contribution in [1.29, 1.82) is 0 Å². The van der Waals surface area contributed by atoms with Crippen molar-refractivity contribution in [2.24, 2.45) is 0 Å². The van der Waals surface area contributed by atoms with Crippen LogP contribution in [0.1, 0.15) is 35.7 Å². The summed E-state index contributed by atoms with van der Waals surface area (Å²) in [5, 5.41) is 2.76. The highest BCUT2D eigenvalue weighted by Crippen LogP contribution is 2.26. The highest BCUT2D eigenvalue weighted by molar-refractivity contribution is 5.95. The van der Waals surface area contributed by atoms with Crippen LogP contribution in [-0.4, -0.2) is 29.6 Å². The van der Waals surface area contributed by atoms with Gasteiger partial charge in [0.25, 0.3) is 5.91 Å². The molecular weight excluding hydrogens is 338 g/mol. The van der Waals surface area contributed by atoms with Gasteiger partial charge in [-0.05, 0) is 37.3 Å². The van der Waals surface area contributed by atoms with Crippen molar-refractivity contribution in [2.75, 3.05) is 19.0 Å². The summed E-state index contributed by atoms with van der Waals surface area (Å²) in [5.74, 6) is -0.215. The molecule has 0 spiro atoms. The van der Waals surface area contributed by atoms with Crippen LogP contribution in [0.4, 0.5) is 14.5 Å². The van der Waals surface area contributed by atoms with Crippen molar-refractivity contribution in [2.45, 2.75) is 19.5 Å². The summed E-state index contributed by atoms with van der Waals surface area (Å²) in [4.78, 5) is 18.7. The van der Waals surface area contributed by atoms with Crippen LogP contribution in [0.5, 0.6) is 0 Å². The van der Waals surface area contributed by atoms with Gasteiger partial charge in [0, 0.05) is 25.3 Å². The lowest BCUT2D eigenvalue weighted by molar-refractivity contribution is 0.0688. The molecule has 5 nitrogen and oxygen atoms in total. The molecule has 0 aliphatic heterocycles. The zero-order chi connectivity index (χ0) is 18.8. The van der Waals surface area contributed by atoms with Crippen molar-refractivity contribution in [3.05, 3.63) is 59.9 Å². The van der Waals surface area contributed by atoms with Gasteiger partial charge >= 0.3 is 6.55 Å². The van der Waals surface area contributed by atoms with Gasteiger partial charge in [0.15, 0.2) is 0 Å². The van der Waals surface area contributed by atoms with Gasteiger partial charge in [-0.25, -0.2) is 4.98 Å². The van der Waals surface area contributed by atoms with E-state index in [1.807, 2.05) is 25.1 Å². The lowest BCUT2D eigenvalue weighted by Crippen LogP contribution is -2.29. The van der Waals surface area contributed by atoms with Crippen molar-refractivity contribution >= 4 is 22.6 Å². The number of halogens is 2. The lowest BCUT2D eigenvalue weighted by atomic mass is 10.1. The smallest absolute Gasteiger partial charge is 0.320 e. The van der Waals surface area contributed by atoms with E-state index >= 15 is 0 Å². The minimum Gasteiger partial charge on any atom is -0.378 e. The molecular formula is C19H20F2N4O. The molecule has 26 heavy (non-hydrogen) atoms. The average Bonchev–Trinajstić information content (AvgIpc) is 3.01. The summed E-state index contributed by atoms with van der Waals surface area (Å²) in [6.07, 6.45) is 0. The summed E-state index contributed by atoms with van der Waals surface area (Å²) in [7, 11) is 3.76. The van der Waals surface area contributed by atoms with E-state index in [0.29, 0.717) is 16.6 Å². The van der Waals surface area contributed by atoms with E-state index in [-0.39, 0.29) is 11.7 Å². The van der Waals surface area contributed by atoms with Crippen molar-refractivity contribution < 1.29 is 13.6 Å². The SMILES string of the molecule is CC(NC(=O)c1cccc(N(C)C)c1)c1nc2ccccc2n1C(F)F. The number of rotatable bonds is 5. The summed E-state index contributed by atoms with van der Waals surface area (Å²) >= 11 is 0. The Morgan fingerprint density at radius 2 is 1.88 bits per heavy atom. The Labute approximate surface area is 150 Å². The summed E-state index contributed by atoms with van der Waals surface area (Å²) < 4.78 is 28.0. The molecule has 7 heteroatoms. The lowest BCUT2D eigenvalue weighted by Gasteiger charge is -2.17. The second-order valence-electron chi connectivity index (χ2n) is 6.25. The minimum atomic E-state index is -2.74. The molecule has 0 fully saturated rings. The number of benzene rings is 2. The maximum absolute atomic E-state index is 13.6. The van der Waals surface area contributed by atoms with Crippen molar-refractivity contribution in [1.82, 2.24) is 14.9 Å². The Bertz CT molecular complexity index is 936. The van der Waals surface area contributed by atoms with Gasteiger partial charge < -0.3 is 10.2 Å². The van der Waals surface area contributed by atoms with Gasteiger partial charge in [-0.3, -0.25) is 9.36 Å². The van der Waals surface area contributed by atoms with Gasteiger partial charge in [0.1, 0.15) is 5.82 Å². The van der Waals surface area contributed by atoms with E-state index < -0.39 is 12.6 Å². The molecule has 1 unspecified atom stereocenters. The number of imidazole rings is 1. The maximum Gasteiger partial charge on any atom is 0.320 e. The predicted octanol–water partition coefficient (Wildman–Crippen LogP) is 3.99. The van der Waals surface area contributed by atoms with Gasteiger partial charge in [-0.2, -0.15) is 8.78 Å². The number of amides is 1. The van der Waals surface area contributed by atoms with Crippen LogP contribution in [-0.2, 0) is 0 Å². The Morgan fingerprint density at radius 3 is 2.58 bits per heavy atom. The zero-order valence-electron chi connectivity index (χ0n) is 14.8. The molecule has 2 aromatic carbocycles. The topological polar surface area (TPSA) is 50.2 Å². The van der Waals surface area contributed by atoms with E-state index in [0.717, 1.165) is 10.3 Å². The van der Waals surface area contributed by atoms with Gasteiger partial charge in [-0.1, -0.05) is 18.2 Å². The van der Waals surface area contributed by atoms with Crippen LogP contribution in [0.3, 0.4) is 0 Å². The molecule has 3 rings (SSSR count). The summed E-state index contributed by atoms with van der Waals surface area (Å²) in [6.45, 7) is -1.10.